The van der Waals surface area contributed by atoms with E-state index in [-0.39, 0.29) is 11.6 Å². The molecule has 5 heterocycles. The number of aryl methyl sites for hydroxylation is 1. The predicted octanol–water partition coefficient (Wildman–Crippen LogP) is 4.85. The van der Waals surface area contributed by atoms with Gasteiger partial charge in [-0.1, -0.05) is 0 Å². The number of pyridine rings is 3. The molecule has 2 aliphatic heterocycles. The summed E-state index contributed by atoms with van der Waals surface area (Å²) >= 11 is 0. The van der Waals surface area contributed by atoms with Gasteiger partial charge >= 0.3 is 0 Å². The fraction of sp³-hybridized carbons (Fsp3) is 0.276. The summed E-state index contributed by atoms with van der Waals surface area (Å²) in [5, 5.41) is 3.56. The van der Waals surface area contributed by atoms with Crippen LogP contribution in [0, 0.1) is 6.92 Å². The minimum Gasteiger partial charge on any atom is -0.454 e. The van der Waals surface area contributed by atoms with Crippen LogP contribution < -0.4 is 20.5 Å². The number of H-pyrrole nitrogens is 1. The lowest BCUT2D eigenvalue weighted by atomic mass is 9.98. The topological polar surface area (TPSA) is 92.4 Å². The molecule has 2 N–H and O–H groups in total. The van der Waals surface area contributed by atoms with Crippen molar-refractivity contribution in [2.45, 2.75) is 26.3 Å². The second kappa shape index (κ2) is 9.71. The van der Waals surface area contributed by atoms with Gasteiger partial charge in [0.2, 0.25) is 0 Å². The molecule has 0 bridgehead atoms. The SMILES string of the molecule is Cc1ccnc(C(C)Nc2ccc3c(c2)Cc2ccnc(-c4cc(N5CCOCC5)cc(=O)[nH]4)c2O3)c1. The van der Waals surface area contributed by atoms with Crippen molar-refractivity contribution in [3.8, 4) is 22.9 Å². The lowest BCUT2D eigenvalue weighted by molar-refractivity contribution is 0.122. The minimum absolute atomic E-state index is 0.0705. The summed E-state index contributed by atoms with van der Waals surface area (Å²) in [6, 6.07) is 15.9. The molecule has 37 heavy (non-hydrogen) atoms. The summed E-state index contributed by atoms with van der Waals surface area (Å²) in [6.45, 7) is 6.99. The van der Waals surface area contributed by atoms with E-state index in [0.717, 1.165) is 47.0 Å². The second-order valence-electron chi connectivity index (χ2n) is 9.59. The molecule has 0 saturated carbocycles. The van der Waals surface area contributed by atoms with Crippen LogP contribution in [0.15, 0.2) is 65.7 Å². The van der Waals surface area contributed by atoms with Gasteiger partial charge in [0, 0.05) is 60.5 Å². The van der Waals surface area contributed by atoms with Gasteiger partial charge in [-0.25, -0.2) is 0 Å². The summed E-state index contributed by atoms with van der Waals surface area (Å²) in [5.41, 5.74) is 7.31. The molecule has 1 aromatic carbocycles. The molecule has 0 spiro atoms. The molecule has 1 fully saturated rings. The standard InChI is InChI=1S/C29H29N5O3/c1-18-5-7-30-24(13-18)19(2)32-22-3-4-26-21(15-22)14-20-6-8-31-28(29(20)37-26)25-16-23(17-27(35)33-25)34-9-11-36-12-10-34/h3-8,13,15-17,19,32H,9-12,14H2,1-2H3,(H,33,35). The Morgan fingerprint density at radius 1 is 1.00 bits per heavy atom. The quantitative estimate of drug-likeness (QED) is 0.360. The summed E-state index contributed by atoms with van der Waals surface area (Å²) in [5.74, 6) is 1.48. The zero-order chi connectivity index (χ0) is 25.4. The first-order chi connectivity index (χ1) is 18.0. The number of hydrogen-bond acceptors (Lipinski definition) is 7. The average molecular weight is 496 g/mol. The minimum atomic E-state index is -0.164. The number of fused-ring (bicyclic) bond motifs is 2. The molecular formula is C29H29N5O3. The van der Waals surface area contributed by atoms with Crippen LogP contribution in [0.3, 0.4) is 0 Å². The monoisotopic (exact) mass is 495 g/mol. The van der Waals surface area contributed by atoms with Gasteiger partial charge in [-0.3, -0.25) is 14.8 Å². The van der Waals surface area contributed by atoms with E-state index in [2.05, 4.69) is 51.1 Å². The van der Waals surface area contributed by atoms with E-state index in [4.69, 9.17) is 9.47 Å². The number of aromatic amines is 1. The van der Waals surface area contributed by atoms with Gasteiger partial charge in [0.25, 0.3) is 5.56 Å². The van der Waals surface area contributed by atoms with E-state index >= 15 is 0 Å². The third kappa shape index (κ3) is 4.80. The van der Waals surface area contributed by atoms with Crippen LogP contribution in [-0.4, -0.2) is 41.3 Å². The van der Waals surface area contributed by atoms with Crippen LogP contribution in [0.1, 0.15) is 35.3 Å². The van der Waals surface area contributed by atoms with Gasteiger partial charge in [-0.2, -0.15) is 0 Å². The summed E-state index contributed by atoms with van der Waals surface area (Å²) in [6.07, 6.45) is 4.33. The highest BCUT2D eigenvalue weighted by molar-refractivity contribution is 5.71. The number of aromatic nitrogens is 3. The van der Waals surface area contributed by atoms with Crippen LogP contribution in [0.4, 0.5) is 11.4 Å². The summed E-state index contributed by atoms with van der Waals surface area (Å²) in [4.78, 5) is 26.8. The van der Waals surface area contributed by atoms with E-state index in [9.17, 15) is 4.79 Å². The Kier molecular flexibility index (Phi) is 6.10. The number of ether oxygens (including phenoxy) is 2. The first-order valence-electron chi connectivity index (χ1n) is 12.6. The van der Waals surface area contributed by atoms with E-state index in [0.29, 0.717) is 36.8 Å². The van der Waals surface area contributed by atoms with Gasteiger partial charge in [-0.15, -0.1) is 0 Å². The molecule has 188 valence electrons. The number of hydrogen-bond donors (Lipinski definition) is 2. The fourth-order valence-corrected chi connectivity index (χ4v) is 4.94. The largest absolute Gasteiger partial charge is 0.454 e. The molecule has 0 aliphatic carbocycles. The van der Waals surface area contributed by atoms with Crippen molar-refractivity contribution < 1.29 is 9.47 Å². The van der Waals surface area contributed by atoms with Gasteiger partial charge in [-0.05, 0) is 61.9 Å². The molecule has 8 heteroatoms. The van der Waals surface area contributed by atoms with Crippen LogP contribution >= 0.6 is 0 Å². The normalized spacial score (nSPS) is 15.4. The van der Waals surface area contributed by atoms with Crippen molar-refractivity contribution in [1.29, 1.82) is 0 Å². The molecule has 2 aliphatic rings. The van der Waals surface area contributed by atoms with E-state index in [1.165, 1.54) is 5.56 Å². The molecular weight excluding hydrogens is 466 g/mol. The number of anilines is 2. The number of benzene rings is 1. The van der Waals surface area contributed by atoms with Gasteiger partial charge in [0.1, 0.15) is 11.4 Å². The predicted molar refractivity (Wildman–Crippen MR) is 144 cm³/mol. The molecule has 1 saturated heterocycles. The Bertz CT molecular complexity index is 1510. The molecule has 8 nitrogen and oxygen atoms in total. The van der Waals surface area contributed by atoms with Crippen LogP contribution in [0.25, 0.3) is 11.4 Å². The maximum atomic E-state index is 12.5. The van der Waals surface area contributed by atoms with Crippen molar-refractivity contribution in [3.63, 3.8) is 0 Å². The Balaban J connectivity index is 1.27. The number of rotatable bonds is 5. The molecule has 3 aromatic heterocycles. The lowest BCUT2D eigenvalue weighted by Crippen LogP contribution is -2.36. The molecule has 0 radical (unpaired) electrons. The first-order valence-corrected chi connectivity index (χ1v) is 12.6. The molecule has 1 atom stereocenters. The number of nitrogens with one attached hydrogen (secondary N) is 2. The average Bonchev–Trinajstić information content (AvgIpc) is 2.91. The first kappa shape index (κ1) is 23.2. The highest BCUT2D eigenvalue weighted by atomic mass is 16.5. The van der Waals surface area contributed by atoms with Gasteiger partial charge in [0.05, 0.1) is 30.6 Å². The summed E-state index contributed by atoms with van der Waals surface area (Å²) in [7, 11) is 0. The van der Waals surface area contributed by atoms with E-state index in [1.54, 1.807) is 12.3 Å². The zero-order valence-corrected chi connectivity index (χ0v) is 21.0. The number of morpholine rings is 1. The Hall–Kier alpha value is -4.17. The Morgan fingerprint density at radius 3 is 2.68 bits per heavy atom. The van der Waals surface area contributed by atoms with Crippen molar-refractivity contribution >= 4 is 11.4 Å². The maximum absolute atomic E-state index is 12.5. The third-order valence-corrected chi connectivity index (χ3v) is 6.86. The fourth-order valence-electron chi connectivity index (χ4n) is 4.94. The summed E-state index contributed by atoms with van der Waals surface area (Å²) < 4.78 is 11.9. The number of nitrogens with zero attached hydrogens (tertiary/aromatic N) is 3. The third-order valence-electron chi connectivity index (χ3n) is 6.86. The Morgan fingerprint density at radius 2 is 1.84 bits per heavy atom. The molecule has 4 aromatic rings. The molecule has 6 rings (SSSR count). The van der Waals surface area contributed by atoms with Crippen LogP contribution in [0.5, 0.6) is 11.5 Å². The molecule has 0 amide bonds. The van der Waals surface area contributed by atoms with E-state index < -0.39 is 0 Å². The highest BCUT2D eigenvalue weighted by Gasteiger charge is 2.23. The maximum Gasteiger partial charge on any atom is 0.250 e. The van der Waals surface area contributed by atoms with E-state index in [1.807, 2.05) is 36.5 Å². The Labute approximate surface area is 215 Å². The second-order valence-corrected chi connectivity index (χ2v) is 9.59. The van der Waals surface area contributed by atoms with Gasteiger partial charge < -0.3 is 24.7 Å². The van der Waals surface area contributed by atoms with Crippen LogP contribution in [-0.2, 0) is 11.2 Å². The smallest absolute Gasteiger partial charge is 0.250 e. The lowest BCUT2D eigenvalue weighted by Gasteiger charge is -2.29. The van der Waals surface area contributed by atoms with Crippen molar-refractivity contribution in [1.82, 2.24) is 15.0 Å². The van der Waals surface area contributed by atoms with Crippen LogP contribution in [0.2, 0.25) is 0 Å². The van der Waals surface area contributed by atoms with Gasteiger partial charge in [0.15, 0.2) is 5.75 Å². The molecule has 1 unspecified atom stereocenters. The van der Waals surface area contributed by atoms with Crippen molar-refractivity contribution in [2.24, 2.45) is 0 Å². The highest BCUT2D eigenvalue weighted by Crippen LogP contribution is 2.42. The van der Waals surface area contributed by atoms with Crippen molar-refractivity contribution in [3.05, 3.63) is 93.7 Å². The van der Waals surface area contributed by atoms with Crippen molar-refractivity contribution in [2.75, 3.05) is 36.5 Å². The zero-order valence-electron chi connectivity index (χ0n) is 21.0.